The maximum atomic E-state index is 5.17. The van der Waals surface area contributed by atoms with Gasteiger partial charge in [-0.3, -0.25) is 5.10 Å². The highest BCUT2D eigenvalue weighted by Gasteiger charge is 2.05. The van der Waals surface area contributed by atoms with Crippen LogP contribution in [0.25, 0.3) is 11.3 Å². The van der Waals surface area contributed by atoms with Crippen LogP contribution in [0.2, 0.25) is 0 Å². The van der Waals surface area contributed by atoms with Gasteiger partial charge in [-0.2, -0.15) is 5.10 Å². The molecular weight excluding hydrogens is 268 g/mol. The average molecular weight is 288 g/mol. The van der Waals surface area contributed by atoms with Gasteiger partial charge in [0.1, 0.15) is 0 Å². The molecule has 4 nitrogen and oxygen atoms in total. The summed E-state index contributed by atoms with van der Waals surface area (Å²) in [4.78, 5) is 2.05. The first-order valence-electron chi connectivity index (χ1n) is 6.73. The third-order valence-corrected chi connectivity index (χ3v) is 3.72. The maximum Gasteiger partial charge on any atom is 0.168 e. The smallest absolute Gasteiger partial charge is 0.168 e. The van der Waals surface area contributed by atoms with E-state index in [9.17, 15) is 0 Å². The highest BCUT2D eigenvalue weighted by atomic mass is 32.1. The molecule has 0 bridgehead atoms. The normalized spacial score (nSPS) is 10.3. The molecule has 0 fully saturated rings. The predicted molar refractivity (Wildman–Crippen MR) is 86.6 cm³/mol. The first-order chi connectivity index (χ1) is 9.70. The summed E-state index contributed by atoms with van der Waals surface area (Å²) in [5.74, 6) is 0. The fourth-order valence-electron chi connectivity index (χ4n) is 2.05. The van der Waals surface area contributed by atoms with Gasteiger partial charge in [0, 0.05) is 31.9 Å². The van der Waals surface area contributed by atoms with Crippen molar-refractivity contribution >= 4 is 17.3 Å². The van der Waals surface area contributed by atoms with Crippen LogP contribution in [0.1, 0.15) is 12.1 Å². The molecule has 0 saturated carbocycles. The lowest BCUT2D eigenvalue weighted by Crippen LogP contribution is -2.35. The van der Waals surface area contributed by atoms with Crippen LogP contribution >= 0.6 is 12.2 Å². The number of benzene rings is 1. The second-order valence-electron chi connectivity index (χ2n) is 4.72. The van der Waals surface area contributed by atoms with Crippen molar-refractivity contribution < 1.29 is 0 Å². The van der Waals surface area contributed by atoms with E-state index in [2.05, 4.69) is 33.7 Å². The Hall–Kier alpha value is -1.88. The van der Waals surface area contributed by atoms with Crippen molar-refractivity contribution in [2.75, 3.05) is 20.6 Å². The molecule has 0 unspecified atom stereocenters. The van der Waals surface area contributed by atoms with Crippen molar-refractivity contribution in [3.63, 3.8) is 0 Å². The molecule has 0 amide bonds. The summed E-state index contributed by atoms with van der Waals surface area (Å²) in [7, 11) is 3.85. The molecule has 0 radical (unpaired) electrons. The topological polar surface area (TPSA) is 44.0 Å². The molecule has 1 aromatic carbocycles. The molecule has 2 rings (SSSR count). The lowest BCUT2D eigenvalue weighted by Gasteiger charge is -2.18. The van der Waals surface area contributed by atoms with Crippen molar-refractivity contribution in [1.82, 2.24) is 20.4 Å². The van der Waals surface area contributed by atoms with Crippen LogP contribution in [-0.4, -0.2) is 40.8 Å². The molecule has 5 heteroatoms. The lowest BCUT2D eigenvalue weighted by molar-refractivity contribution is 0.482. The summed E-state index contributed by atoms with van der Waals surface area (Å²) in [5.41, 5.74) is 3.30. The van der Waals surface area contributed by atoms with Gasteiger partial charge in [0.15, 0.2) is 5.11 Å². The molecule has 1 aromatic heterocycles. The van der Waals surface area contributed by atoms with E-state index in [0.717, 1.165) is 41.5 Å². The van der Waals surface area contributed by atoms with E-state index >= 15 is 0 Å². The minimum absolute atomic E-state index is 0.777. The highest BCUT2D eigenvalue weighted by molar-refractivity contribution is 7.80. The number of H-pyrrole nitrogens is 1. The third-order valence-electron chi connectivity index (χ3n) is 3.20. The molecule has 2 N–H and O–H groups in total. The Morgan fingerprint density at radius 1 is 1.35 bits per heavy atom. The van der Waals surface area contributed by atoms with Crippen LogP contribution in [0.5, 0.6) is 0 Å². The summed E-state index contributed by atoms with van der Waals surface area (Å²) >= 11 is 5.17. The number of nitrogens with one attached hydrogen (secondary N) is 2. The van der Waals surface area contributed by atoms with Gasteiger partial charge in [0.25, 0.3) is 0 Å². The van der Waals surface area contributed by atoms with Gasteiger partial charge < -0.3 is 10.2 Å². The minimum Gasteiger partial charge on any atom is -0.366 e. The summed E-state index contributed by atoms with van der Waals surface area (Å²) in [6, 6.07) is 12.3. The molecule has 1 heterocycles. The van der Waals surface area contributed by atoms with Gasteiger partial charge in [0.05, 0.1) is 5.69 Å². The van der Waals surface area contributed by atoms with Gasteiger partial charge >= 0.3 is 0 Å². The number of hydrogen-bond donors (Lipinski definition) is 2. The van der Waals surface area contributed by atoms with Crippen molar-refractivity contribution in [3.8, 4) is 11.3 Å². The largest absolute Gasteiger partial charge is 0.366 e. The standard InChI is InChI=1S/C15H20N4S/c1-16-15(20)19(2)10-6-9-13-11-14(18-17-13)12-7-4-3-5-8-12/h3-5,7-8,11H,6,9-10H2,1-2H3,(H,16,20)(H,17,18). The van der Waals surface area contributed by atoms with Crippen LogP contribution in [0.15, 0.2) is 36.4 Å². The van der Waals surface area contributed by atoms with E-state index < -0.39 is 0 Å². The zero-order chi connectivity index (χ0) is 14.4. The highest BCUT2D eigenvalue weighted by Crippen LogP contribution is 2.17. The van der Waals surface area contributed by atoms with Gasteiger partial charge in [-0.05, 0) is 31.1 Å². The van der Waals surface area contributed by atoms with E-state index in [1.807, 2.05) is 37.2 Å². The molecular formula is C15H20N4S. The van der Waals surface area contributed by atoms with Crippen LogP contribution in [-0.2, 0) is 6.42 Å². The second kappa shape index (κ2) is 7.05. The first-order valence-corrected chi connectivity index (χ1v) is 7.14. The van der Waals surface area contributed by atoms with E-state index in [1.54, 1.807) is 0 Å². The molecule has 0 spiro atoms. The number of nitrogens with zero attached hydrogens (tertiary/aromatic N) is 2. The van der Waals surface area contributed by atoms with Crippen LogP contribution < -0.4 is 5.32 Å². The fraction of sp³-hybridized carbons (Fsp3) is 0.333. The van der Waals surface area contributed by atoms with E-state index in [-0.39, 0.29) is 0 Å². The first kappa shape index (κ1) is 14.5. The molecule has 0 atom stereocenters. The molecule has 20 heavy (non-hydrogen) atoms. The molecule has 106 valence electrons. The van der Waals surface area contributed by atoms with Crippen LogP contribution in [0.3, 0.4) is 0 Å². The summed E-state index contributed by atoms with van der Waals surface area (Å²) in [6.07, 6.45) is 2.01. The lowest BCUT2D eigenvalue weighted by atomic mass is 10.1. The number of thiocarbonyl (C=S) groups is 1. The SMILES string of the molecule is CNC(=S)N(C)CCCc1cc(-c2ccccc2)n[nH]1. The van der Waals surface area contributed by atoms with Crippen LogP contribution in [0, 0.1) is 0 Å². The summed E-state index contributed by atoms with van der Waals surface area (Å²) in [5, 5.41) is 11.2. The van der Waals surface area contributed by atoms with Gasteiger partial charge in [-0.1, -0.05) is 30.3 Å². The molecule has 2 aromatic rings. The monoisotopic (exact) mass is 288 g/mol. The van der Waals surface area contributed by atoms with Gasteiger partial charge in [-0.15, -0.1) is 0 Å². The maximum absolute atomic E-state index is 5.17. The molecule has 0 saturated heterocycles. The molecule has 0 aliphatic carbocycles. The number of aromatic nitrogens is 2. The third kappa shape index (κ3) is 3.81. The van der Waals surface area contributed by atoms with Crippen LogP contribution in [0.4, 0.5) is 0 Å². The minimum atomic E-state index is 0.777. The van der Waals surface area contributed by atoms with Crippen molar-refractivity contribution in [2.45, 2.75) is 12.8 Å². The Labute approximate surface area is 125 Å². The zero-order valence-electron chi connectivity index (χ0n) is 11.9. The predicted octanol–water partition coefficient (Wildman–Crippen LogP) is 2.45. The number of aryl methyl sites for hydroxylation is 1. The Morgan fingerprint density at radius 3 is 2.80 bits per heavy atom. The van der Waals surface area contributed by atoms with Crippen molar-refractivity contribution in [3.05, 3.63) is 42.1 Å². The summed E-state index contributed by atoms with van der Waals surface area (Å²) < 4.78 is 0. The zero-order valence-corrected chi connectivity index (χ0v) is 12.7. The van der Waals surface area contributed by atoms with Crippen molar-refractivity contribution in [2.24, 2.45) is 0 Å². The quantitative estimate of drug-likeness (QED) is 0.830. The number of hydrogen-bond acceptors (Lipinski definition) is 2. The summed E-state index contributed by atoms with van der Waals surface area (Å²) in [6.45, 7) is 0.930. The second-order valence-corrected chi connectivity index (χ2v) is 5.11. The molecule has 0 aliphatic heterocycles. The van der Waals surface area contributed by atoms with E-state index in [1.165, 1.54) is 0 Å². The van der Waals surface area contributed by atoms with E-state index in [0.29, 0.717) is 0 Å². The number of rotatable bonds is 5. The fourth-order valence-corrected chi connectivity index (χ4v) is 2.14. The Morgan fingerprint density at radius 2 is 2.10 bits per heavy atom. The molecule has 0 aliphatic rings. The average Bonchev–Trinajstić information content (AvgIpc) is 2.96. The van der Waals surface area contributed by atoms with Gasteiger partial charge in [0.2, 0.25) is 0 Å². The number of aromatic amines is 1. The Balaban J connectivity index is 1.86. The van der Waals surface area contributed by atoms with Crippen molar-refractivity contribution in [1.29, 1.82) is 0 Å². The van der Waals surface area contributed by atoms with Gasteiger partial charge in [-0.25, -0.2) is 0 Å². The van der Waals surface area contributed by atoms with E-state index in [4.69, 9.17) is 12.2 Å². The Kier molecular flexibility index (Phi) is 5.12. The Bertz CT molecular complexity index is 550.